The molecule has 1 unspecified atom stereocenters. The number of rotatable bonds is 4. The van der Waals surface area contributed by atoms with E-state index in [1.165, 1.54) is 6.07 Å². The van der Waals surface area contributed by atoms with Gasteiger partial charge < -0.3 is 10.3 Å². The fraction of sp³-hybridized carbons (Fsp3) is 0.0952. The fourth-order valence-corrected chi connectivity index (χ4v) is 3.27. The van der Waals surface area contributed by atoms with Crippen molar-refractivity contribution in [3.8, 4) is 0 Å². The summed E-state index contributed by atoms with van der Waals surface area (Å²) in [5.41, 5.74) is 4.68. The average molecular weight is 331 g/mol. The van der Waals surface area contributed by atoms with Crippen LogP contribution in [0.2, 0.25) is 0 Å². The van der Waals surface area contributed by atoms with Crippen LogP contribution in [0.5, 0.6) is 0 Å². The second-order valence-electron chi connectivity index (χ2n) is 6.05. The predicted octanol–water partition coefficient (Wildman–Crippen LogP) is 5.21. The highest BCUT2D eigenvalue weighted by Crippen LogP contribution is 2.34. The van der Waals surface area contributed by atoms with Crippen molar-refractivity contribution >= 4 is 16.6 Å². The van der Waals surface area contributed by atoms with Crippen molar-refractivity contribution in [1.29, 1.82) is 0 Å². The van der Waals surface area contributed by atoms with Gasteiger partial charge in [0.1, 0.15) is 5.82 Å². The smallest absolute Gasteiger partial charge is 0.146 e. The molecule has 2 aromatic carbocycles. The van der Waals surface area contributed by atoms with Crippen LogP contribution in [0.25, 0.3) is 10.9 Å². The molecule has 124 valence electrons. The second-order valence-corrected chi connectivity index (χ2v) is 6.05. The standard InChI is InChI=1S/C21H18FN3/c1-14-20(16-8-2-4-10-18(16)24-14)21(15-7-6-12-23-13-15)25-19-11-5-3-9-17(19)22/h2-13,21,24-25H,1H3. The molecular weight excluding hydrogens is 313 g/mol. The monoisotopic (exact) mass is 331 g/mol. The van der Waals surface area contributed by atoms with Gasteiger partial charge in [-0.2, -0.15) is 0 Å². The molecule has 1 atom stereocenters. The van der Waals surface area contributed by atoms with E-state index in [0.29, 0.717) is 5.69 Å². The zero-order valence-electron chi connectivity index (χ0n) is 13.8. The average Bonchev–Trinajstić information content (AvgIpc) is 2.97. The predicted molar refractivity (Wildman–Crippen MR) is 99.1 cm³/mol. The number of nitrogens with zero attached hydrogens (tertiary/aromatic N) is 1. The third-order valence-electron chi connectivity index (χ3n) is 4.42. The largest absolute Gasteiger partial charge is 0.372 e. The van der Waals surface area contributed by atoms with Gasteiger partial charge >= 0.3 is 0 Å². The molecule has 0 saturated carbocycles. The fourth-order valence-electron chi connectivity index (χ4n) is 3.27. The molecular formula is C21H18FN3. The summed E-state index contributed by atoms with van der Waals surface area (Å²) in [4.78, 5) is 7.67. The number of pyridine rings is 1. The molecule has 0 radical (unpaired) electrons. The van der Waals surface area contributed by atoms with Gasteiger partial charge in [-0.1, -0.05) is 36.4 Å². The van der Waals surface area contributed by atoms with E-state index < -0.39 is 0 Å². The molecule has 0 spiro atoms. The number of fused-ring (bicyclic) bond motifs is 1. The van der Waals surface area contributed by atoms with E-state index in [4.69, 9.17) is 0 Å². The summed E-state index contributed by atoms with van der Waals surface area (Å²) in [5.74, 6) is -0.270. The summed E-state index contributed by atoms with van der Waals surface area (Å²) in [5, 5.41) is 4.49. The summed E-state index contributed by atoms with van der Waals surface area (Å²) in [7, 11) is 0. The molecule has 25 heavy (non-hydrogen) atoms. The summed E-state index contributed by atoms with van der Waals surface area (Å²) in [6.07, 6.45) is 3.56. The van der Waals surface area contributed by atoms with Crippen molar-refractivity contribution in [1.82, 2.24) is 9.97 Å². The lowest BCUT2D eigenvalue weighted by molar-refractivity contribution is 0.628. The molecule has 0 saturated heterocycles. The van der Waals surface area contributed by atoms with Crippen LogP contribution in [0, 0.1) is 12.7 Å². The molecule has 4 heteroatoms. The van der Waals surface area contributed by atoms with Gasteiger partial charge in [-0.25, -0.2) is 4.39 Å². The van der Waals surface area contributed by atoms with Crippen molar-refractivity contribution < 1.29 is 4.39 Å². The van der Waals surface area contributed by atoms with Gasteiger partial charge in [0.05, 0.1) is 11.7 Å². The number of H-pyrrole nitrogens is 1. The van der Waals surface area contributed by atoms with Gasteiger partial charge in [0, 0.05) is 34.6 Å². The van der Waals surface area contributed by atoms with Gasteiger partial charge in [-0.15, -0.1) is 0 Å². The molecule has 0 aliphatic heterocycles. The van der Waals surface area contributed by atoms with E-state index in [1.54, 1.807) is 18.3 Å². The molecule has 2 aromatic heterocycles. The first-order valence-electron chi connectivity index (χ1n) is 8.22. The minimum Gasteiger partial charge on any atom is -0.372 e. The topological polar surface area (TPSA) is 40.7 Å². The zero-order chi connectivity index (χ0) is 17.2. The van der Waals surface area contributed by atoms with Gasteiger partial charge in [-0.3, -0.25) is 4.98 Å². The lowest BCUT2D eigenvalue weighted by atomic mass is 9.97. The van der Waals surface area contributed by atoms with Crippen molar-refractivity contribution in [2.24, 2.45) is 0 Å². The summed E-state index contributed by atoms with van der Waals surface area (Å²) >= 11 is 0. The Bertz CT molecular complexity index is 1010. The highest BCUT2D eigenvalue weighted by Gasteiger charge is 2.21. The number of halogens is 1. The van der Waals surface area contributed by atoms with Crippen LogP contribution in [0.3, 0.4) is 0 Å². The van der Waals surface area contributed by atoms with E-state index >= 15 is 0 Å². The number of anilines is 1. The Balaban J connectivity index is 1.88. The van der Waals surface area contributed by atoms with Crippen molar-refractivity contribution in [3.05, 3.63) is 95.7 Å². The normalized spacial score (nSPS) is 12.2. The van der Waals surface area contributed by atoms with Crippen LogP contribution in [0.15, 0.2) is 73.1 Å². The summed E-state index contributed by atoms with van der Waals surface area (Å²) < 4.78 is 14.2. The van der Waals surface area contributed by atoms with E-state index in [0.717, 1.165) is 27.7 Å². The maximum absolute atomic E-state index is 14.2. The lowest BCUT2D eigenvalue weighted by Crippen LogP contribution is -2.14. The molecule has 2 N–H and O–H groups in total. The molecule has 0 fully saturated rings. The Morgan fingerprint density at radius 3 is 2.60 bits per heavy atom. The molecule has 0 amide bonds. The highest BCUT2D eigenvalue weighted by molar-refractivity contribution is 5.86. The first kappa shape index (κ1) is 15.4. The number of para-hydroxylation sites is 2. The first-order chi connectivity index (χ1) is 12.2. The van der Waals surface area contributed by atoms with Crippen molar-refractivity contribution in [2.75, 3.05) is 5.32 Å². The Labute approximate surface area is 145 Å². The third-order valence-corrected chi connectivity index (χ3v) is 4.42. The van der Waals surface area contributed by atoms with Gasteiger partial charge in [0.15, 0.2) is 0 Å². The minimum absolute atomic E-state index is 0.207. The number of aromatic amines is 1. The van der Waals surface area contributed by atoms with Crippen LogP contribution < -0.4 is 5.32 Å². The van der Waals surface area contributed by atoms with E-state index in [9.17, 15) is 4.39 Å². The number of nitrogens with one attached hydrogen (secondary N) is 2. The molecule has 0 aliphatic carbocycles. The number of aryl methyl sites for hydroxylation is 1. The Morgan fingerprint density at radius 2 is 1.80 bits per heavy atom. The van der Waals surface area contributed by atoms with Crippen molar-refractivity contribution in [3.63, 3.8) is 0 Å². The van der Waals surface area contributed by atoms with Crippen LogP contribution in [-0.4, -0.2) is 9.97 Å². The Morgan fingerprint density at radius 1 is 1.00 bits per heavy atom. The maximum Gasteiger partial charge on any atom is 0.146 e. The molecule has 0 aliphatic rings. The van der Waals surface area contributed by atoms with E-state index in [2.05, 4.69) is 27.4 Å². The van der Waals surface area contributed by atoms with Crippen LogP contribution >= 0.6 is 0 Å². The summed E-state index contributed by atoms with van der Waals surface area (Å²) in [6, 6.07) is 18.6. The Hall–Kier alpha value is -3.14. The SMILES string of the molecule is Cc1[nH]c2ccccc2c1C(Nc1ccccc1F)c1cccnc1. The highest BCUT2D eigenvalue weighted by atomic mass is 19.1. The van der Waals surface area contributed by atoms with Crippen LogP contribution in [-0.2, 0) is 0 Å². The maximum atomic E-state index is 14.2. The number of hydrogen-bond donors (Lipinski definition) is 2. The number of benzene rings is 2. The molecule has 4 rings (SSSR count). The molecule has 2 heterocycles. The summed E-state index contributed by atoms with van der Waals surface area (Å²) in [6.45, 7) is 2.04. The zero-order valence-corrected chi connectivity index (χ0v) is 13.8. The quantitative estimate of drug-likeness (QED) is 0.539. The molecule has 4 aromatic rings. The van der Waals surface area contributed by atoms with Crippen LogP contribution in [0.1, 0.15) is 22.9 Å². The van der Waals surface area contributed by atoms with Crippen molar-refractivity contribution in [2.45, 2.75) is 13.0 Å². The van der Waals surface area contributed by atoms with Gasteiger partial charge in [-0.05, 0) is 36.8 Å². The molecule has 0 bridgehead atoms. The first-order valence-corrected chi connectivity index (χ1v) is 8.22. The van der Waals surface area contributed by atoms with E-state index in [-0.39, 0.29) is 11.9 Å². The van der Waals surface area contributed by atoms with E-state index in [1.807, 2.05) is 43.5 Å². The van der Waals surface area contributed by atoms with Crippen LogP contribution in [0.4, 0.5) is 10.1 Å². The lowest BCUT2D eigenvalue weighted by Gasteiger charge is -2.21. The van der Waals surface area contributed by atoms with Gasteiger partial charge in [0.25, 0.3) is 0 Å². The number of aromatic nitrogens is 2. The second kappa shape index (κ2) is 6.40. The van der Waals surface area contributed by atoms with Gasteiger partial charge in [0.2, 0.25) is 0 Å². The minimum atomic E-state index is -0.270. The third kappa shape index (κ3) is 2.87. The number of hydrogen-bond acceptors (Lipinski definition) is 2. The Kier molecular flexibility index (Phi) is 3.94. The molecule has 3 nitrogen and oxygen atoms in total.